The van der Waals surface area contributed by atoms with Gasteiger partial charge in [-0.25, -0.2) is 8.42 Å². The minimum Gasteiger partial charge on any atom is -0.356 e. The maximum atomic E-state index is 11.9. The monoisotopic (exact) mass is 322 g/mol. The third kappa shape index (κ3) is 2.84. The van der Waals surface area contributed by atoms with E-state index in [2.05, 4.69) is 38.2 Å². The van der Waals surface area contributed by atoms with Gasteiger partial charge in [0.1, 0.15) is 0 Å². The van der Waals surface area contributed by atoms with Crippen LogP contribution in [-0.4, -0.2) is 44.5 Å². The highest BCUT2D eigenvalue weighted by atomic mass is 32.2. The maximum absolute atomic E-state index is 11.9. The van der Waals surface area contributed by atoms with Gasteiger partial charge in [-0.2, -0.15) is 0 Å². The highest BCUT2D eigenvalue weighted by Gasteiger charge is 2.45. The van der Waals surface area contributed by atoms with Crippen molar-refractivity contribution >= 4 is 21.4 Å². The third-order valence-corrected chi connectivity index (χ3v) is 6.16. The van der Waals surface area contributed by atoms with Crippen LogP contribution in [0, 0.1) is 0 Å². The molecule has 1 amide bonds. The van der Waals surface area contributed by atoms with Crippen molar-refractivity contribution in [3.8, 4) is 0 Å². The van der Waals surface area contributed by atoms with Crippen LogP contribution >= 0.6 is 0 Å². The molecule has 2 atom stereocenters. The van der Waals surface area contributed by atoms with Crippen molar-refractivity contribution < 1.29 is 13.2 Å². The Hall–Kier alpha value is -1.56. The molecule has 120 valence electrons. The molecular weight excluding hydrogens is 300 g/mol. The molecule has 22 heavy (non-hydrogen) atoms. The highest BCUT2D eigenvalue weighted by molar-refractivity contribution is 7.91. The van der Waals surface area contributed by atoms with Gasteiger partial charge in [0.25, 0.3) is 0 Å². The summed E-state index contributed by atoms with van der Waals surface area (Å²) < 4.78 is 23.8. The van der Waals surface area contributed by atoms with Gasteiger partial charge in [0, 0.05) is 5.69 Å². The summed E-state index contributed by atoms with van der Waals surface area (Å²) in [6, 6.07) is 7.62. The summed E-state index contributed by atoms with van der Waals surface area (Å²) in [6.07, 6.45) is 0. The lowest BCUT2D eigenvalue weighted by molar-refractivity contribution is -0.121. The van der Waals surface area contributed by atoms with E-state index in [-0.39, 0.29) is 41.5 Å². The van der Waals surface area contributed by atoms with Crippen molar-refractivity contribution in [2.45, 2.75) is 38.3 Å². The molecule has 2 heterocycles. The van der Waals surface area contributed by atoms with Crippen molar-refractivity contribution in [3.05, 3.63) is 29.8 Å². The number of piperazine rings is 1. The Bertz CT molecular complexity index is 689. The lowest BCUT2D eigenvalue weighted by atomic mass is 9.87. The quantitative estimate of drug-likeness (QED) is 0.840. The Kier molecular flexibility index (Phi) is 3.47. The molecule has 2 aliphatic rings. The van der Waals surface area contributed by atoms with E-state index in [4.69, 9.17) is 0 Å². The zero-order valence-electron chi connectivity index (χ0n) is 13.2. The van der Waals surface area contributed by atoms with Crippen molar-refractivity contribution in [2.24, 2.45) is 0 Å². The number of carbonyl (C=O) groups is 1. The minimum absolute atomic E-state index is 0.0416. The van der Waals surface area contributed by atoms with Gasteiger partial charge >= 0.3 is 0 Å². The normalized spacial score (nSPS) is 27.4. The fourth-order valence-electron chi connectivity index (χ4n) is 3.23. The standard InChI is InChI=1S/C16H22N2O3S/c1-16(2,3)11-4-6-12(7-5-11)18-8-15(19)17-13-9-22(20,21)10-14(13)18/h4-7,13-14H,8-10H2,1-3H3,(H,17,19)/t13-,14-/m0/s1. The molecule has 0 radical (unpaired) electrons. The number of amides is 1. The SMILES string of the molecule is CC(C)(C)c1ccc(N2CC(=O)N[C@H]3CS(=O)(=O)C[C@@H]32)cc1. The fourth-order valence-corrected chi connectivity index (χ4v) is 5.16. The van der Waals surface area contributed by atoms with Crippen molar-refractivity contribution in [1.82, 2.24) is 5.32 Å². The second-order valence-corrected chi connectivity index (χ2v) is 9.40. The molecule has 5 nitrogen and oxygen atoms in total. The molecule has 0 spiro atoms. The van der Waals surface area contributed by atoms with Crippen LogP contribution in [0.2, 0.25) is 0 Å². The van der Waals surface area contributed by atoms with E-state index in [0.29, 0.717) is 0 Å². The van der Waals surface area contributed by atoms with E-state index >= 15 is 0 Å². The van der Waals surface area contributed by atoms with Gasteiger partial charge < -0.3 is 10.2 Å². The van der Waals surface area contributed by atoms with Crippen LogP contribution in [-0.2, 0) is 20.0 Å². The lowest BCUT2D eigenvalue weighted by Gasteiger charge is -2.38. The van der Waals surface area contributed by atoms with Crippen LogP contribution in [0.5, 0.6) is 0 Å². The first-order valence-electron chi connectivity index (χ1n) is 7.53. The van der Waals surface area contributed by atoms with E-state index < -0.39 is 9.84 Å². The number of rotatable bonds is 1. The van der Waals surface area contributed by atoms with Crippen LogP contribution in [0.1, 0.15) is 26.3 Å². The number of benzene rings is 1. The summed E-state index contributed by atoms with van der Waals surface area (Å²) >= 11 is 0. The summed E-state index contributed by atoms with van der Waals surface area (Å²) in [7, 11) is -3.08. The topological polar surface area (TPSA) is 66.5 Å². The van der Waals surface area contributed by atoms with Crippen molar-refractivity contribution in [2.75, 3.05) is 23.0 Å². The molecule has 0 unspecified atom stereocenters. The molecule has 1 N–H and O–H groups in total. The predicted molar refractivity (Wildman–Crippen MR) is 86.9 cm³/mol. The lowest BCUT2D eigenvalue weighted by Crippen LogP contribution is -2.60. The summed E-state index contributed by atoms with van der Waals surface area (Å²) in [5, 5.41) is 2.81. The van der Waals surface area contributed by atoms with Crippen LogP contribution in [0.25, 0.3) is 0 Å². The third-order valence-electron chi connectivity index (χ3n) is 4.45. The second-order valence-electron chi connectivity index (χ2n) is 7.24. The van der Waals surface area contributed by atoms with E-state index in [1.807, 2.05) is 17.0 Å². The maximum Gasteiger partial charge on any atom is 0.239 e. The van der Waals surface area contributed by atoms with Gasteiger partial charge in [-0.05, 0) is 23.1 Å². The zero-order chi connectivity index (χ0) is 16.1. The van der Waals surface area contributed by atoms with Crippen molar-refractivity contribution in [1.29, 1.82) is 0 Å². The van der Waals surface area contributed by atoms with Crippen LogP contribution < -0.4 is 10.2 Å². The number of sulfone groups is 1. The van der Waals surface area contributed by atoms with Gasteiger partial charge in [0.2, 0.25) is 5.91 Å². The molecule has 0 saturated carbocycles. The molecule has 1 aromatic rings. The van der Waals surface area contributed by atoms with Crippen LogP contribution in [0.4, 0.5) is 5.69 Å². The van der Waals surface area contributed by atoms with Gasteiger partial charge in [-0.3, -0.25) is 4.79 Å². The Morgan fingerprint density at radius 2 is 1.77 bits per heavy atom. The van der Waals surface area contributed by atoms with E-state index in [9.17, 15) is 13.2 Å². The van der Waals surface area contributed by atoms with Crippen LogP contribution in [0.3, 0.4) is 0 Å². The van der Waals surface area contributed by atoms with Gasteiger partial charge in [-0.15, -0.1) is 0 Å². The second kappa shape index (κ2) is 4.98. The largest absolute Gasteiger partial charge is 0.356 e. The number of carbonyl (C=O) groups excluding carboxylic acids is 1. The Labute approximate surface area is 131 Å². The van der Waals surface area contributed by atoms with E-state index in [1.165, 1.54) is 5.56 Å². The average Bonchev–Trinajstić information content (AvgIpc) is 2.71. The summed E-state index contributed by atoms with van der Waals surface area (Å²) in [4.78, 5) is 13.8. The molecule has 0 aromatic heterocycles. The summed E-state index contributed by atoms with van der Waals surface area (Å²) in [5.74, 6) is 0.0390. The Balaban J connectivity index is 1.91. The summed E-state index contributed by atoms with van der Waals surface area (Å²) in [5.41, 5.74) is 2.19. The van der Waals surface area contributed by atoms with Gasteiger partial charge in [0.15, 0.2) is 9.84 Å². The predicted octanol–water partition coefficient (Wildman–Crippen LogP) is 1.09. The minimum atomic E-state index is -3.08. The van der Waals surface area contributed by atoms with Gasteiger partial charge in [0.05, 0.1) is 30.1 Å². The molecule has 6 heteroatoms. The molecule has 2 fully saturated rings. The van der Waals surface area contributed by atoms with E-state index in [1.54, 1.807) is 0 Å². The number of hydrogen-bond donors (Lipinski definition) is 1. The van der Waals surface area contributed by atoms with Crippen LogP contribution in [0.15, 0.2) is 24.3 Å². The molecular formula is C16H22N2O3S. The first kappa shape index (κ1) is 15.3. The summed E-state index contributed by atoms with van der Waals surface area (Å²) in [6.45, 7) is 6.66. The molecule has 3 rings (SSSR count). The number of nitrogens with zero attached hydrogens (tertiary/aromatic N) is 1. The Morgan fingerprint density at radius 1 is 1.14 bits per heavy atom. The smallest absolute Gasteiger partial charge is 0.239 e. The Morgan fingerprint density at radius 3 is 2.36 bits per heavy atom. The molecule has 1 aromatic carbocycles. The zero-order valence-corrected chi connectivity index (χ0v) is 14.0. The first-order chi connectivity index (χ1) is 10.2. The molecule has 0 bridgehead atoms. The van der Waals surface area contributed by atoms with E-state index in [0.717, 1.165) is 5.69 Å². The molecule has 2 aliphatic heterocycles. The number of hydrogen-bond acceptors (Lipinski definition) is 4. The highest BCUT2D eigenvalue weighted by Crippen LogP contribution is 2.29. The average molecular weight is 322 g/mol. The molecule has 2 saturated heterocycles. The first-order valence-corrected chi connectivity index (χ1v) is 9.35. The number of fused-ring (bicyclic) bond motifs is 1. The fraction of sp³-hybridized carbons (Fsp3) is 0.562. The van der Waals surface area contributed by atoms with Crippen molar-refractivity contribution in [3.63, 3.8) is 0 Å². The number of anilines is 1. The number of nitrogens with one attached hydrogen (secondary N) is 1. The molecule has 0 aliphatic carbocycles. The van der Waals surface area contributed by atoms with Gasteiger partial charge in [-0.1, -0.05) is 32.9 Å².